The first-order valence-corrected chi connectivity index (χ1v) is 11.4. The zero-order valence-corrected chi connectivity index (χ0v) is 19.6. The van der Waals surface area contributed by atoms with Crippen LogP contribution in [-0.2, 0) is 19.1 Å². The van der Waals surface area contributed by atoms with Gasteiger partial charge >= 0.3 is 12.1 Å². The number of alkyl carbamates (subject to hydrolysis) is 1. The zero-order chi connectivity index (χ0) is 24.5. The summed E-state index contributed by atoms with van der Waals surface area (Å²) in [5.41, 5.74) is 2.24. The number of carboxylic acids is 1. The Kier molecular flexibility index (Phi) is 6.36. The van der Waals surface area contributed by atoms with Crippen molar-refractivity contribution in [1.29, 1.82) is 0 Å². The van der Waals surface area contributed by atoms with Crippen LogP contribution in [0.25, 0.3) is 11.1 Å². The molecule has 2 amide bonds. The quantitative estimate of drug-likeness (QED) is 0.602. The fourth-order valence-corrected chi connectivity index (χ4v) is 4.63. The topological polar surface area (TPSA) is 114 Å². The second-order valence-electron chi connectivity index (χ2n) is 9.95. The van der Waals surface area contributed by atoms with Crippen molar-refractivity contribution in [2.45, 2.75) is 44.7 Å². The van der Waals surface area contributed by atoms with Crippen LogP contribution < -0.4 is 10.6 Å². The van der Waals surface area contributed by atoms with Gasteiger partial charge in [0.2, 0.25) is 5.91 Å². The lowest BCUT2D eigenvalue weighted by Gasteiger charge is -2.33. The van der Waals surface area contributed by atoms with E-state index in [0.717, 1.165) is 22.3 Å². The summed E-state index contributed by atoms with van der Waals surface area (Å²) in [7, 11) is 0. The van der Waals surface area contributed by atoms with Gasteiger partial charge < -0.3 is 25.2 Å². The molecule has 1 fully saturated rings. The van der Waals surface area contributed by atoms with E-state index in [9.17, 15) is 19.5 Å². The molecular weight excluding hydrogens is 436 g/mol. The number of carbonyl (C=O) groups excluding carboxylic acids is 2. The third-order valence-electron chi connectivity index (χ3n) is 6.53. The van der Waals surface area contributed by atoms with Crippen LogP contribution in [0.5, 0.6) is 0 Å². The lowest BCUT2D eigenvalue weighted by atomic mass is 9.85. The van der Waals surface area contributed by atoms with Gasteiger partial charge in [-0.3, -0.25) is 4.79 Å². The van der Waals surface area contributed by atoms with Gasteiger partial charge in [0.15, 0.2) is 5.54 Å². The number of fused-ring (bicyclic) bond motifs is 3. The van der Waals surface area contributed by atoms with Crippen LogP contribution in [0.2, 0.25) is 0 Å². The van der Waals surface area contributed by atoms with Crippen LogP contribution >= 0.6 is 0 Å². The van der Waals surface area contributed by atoms with E-state index >= 15 is 0 Å². The molecule has 34 heavy (non-hydrogen) atoms. The summed E-state index contributed by atoms with van der Waals surface area (Å²) in [6.07, 6.45) is -0.570. The molecule has 8 heteroatoms. The van der Waals surface area contributed by atoms with E-state index in [1.54, 1.807) is 20.8 Å². The van der Waals surface area contributed by atoms with Crippen LogP contribution in [0.15, 0.2) is 48.5 Å². The van der Waals surface area contributed by atoms with Crippen molar-refractivity contribution >= 4 is 18.0 Å². The third-order valence-corrected chi connectivity index (χ3v) is 6.53. The van der Waals surface area contributed by atoms with Crippen molar-refractivity contribution in [2.75, 3.05) is 19.8 Å². The van der Waals surface area contributed by atoms with Crippen LogP contribution in [0.4, 0.5) is 4.79 Å². The molecule has 0 bridgehead atoms. The smallest absolute Gasteiger partial charge is 0.407 e. The summed E-state index contributed by atoms with van der Waals surface area (Å²) >= 11 is 0. The Balaban J connectivity index is 1.45. The fourth-order valence-electron chi connectivity index (χ4n) is 4.63. The minimum Gasteiger partial charge on any atom is -0.479 e. The predicted octanol–water partition coefficient (Wildman–Crippen LogP) is 3.30. The molecule has 2 aliphatic rings. The minimum atomic E-state index is -1.50. The second kappa shape index (κ2) is 9.10. The summed E-state index contributed by atoms with van der Waals surface area (Å²) in [5.74, 6) is -1.85. The van der Waals surface area contributed by atoms with Crippen molar-refractivity contribution in [3.05, 3.63) is 59.7 Å². The molecule has 0 aromatic heterocycles. The Morgan fingerprint density at radius 1 is 1.09 bits per heavy atom. The zero-order valence-electron chi connectivity index (χ0n) is 19.6. The Labute approximate surface area is 198 Å². The SMILES string of the molecule is CC(C)(C)C(NC(=O)OCC1c2ccccc2-c2ccccc21)C(=O)NC1(C(=O)O)CCOC1. The van der Waals surface area contributed by atoms with Crippen molar-refractivity contribution in [3.8, 4) is 11.1 Å². The summed E-state index contributed by atoms with van der Waals surface area (Å²) in [6, 6.07) is 15.1. The maximum Gasteiger partial charge on any atom is 0.407 e. The average Bonchev–Trinajstić information content (AvgIpc) is 3.39. The van der Waals surface area contributed by atoms with Gasteiger partial charge in [0.05, 0.1) is 6.61 Å². The largest absolute Gasteiger partial charge is 0.479 e. The number of amides is 2. The number of benzene rings is 2. The fraction of sp³-hybridized carbons (Fsp3) is 0.423. The number of rotatable bonds is 6. The monoisotopic (exact) mass is 466 g/mol. The lowest BCUT2D eigenvalue weighted by molar-refractivity contribution is -0.148. The van der Waals surface area contributed by atoms with Gasteiger partial charge in [-0.2, -0.15) is 0 Å². The number of carboxylic acid groups (broad SMARTS) is 1. The molecule has 2 aromatic carbocycles. The van der Waals surface area contributed by atoms with Gasteiger partial charge in [-0.1, -0.05) is 69.3 Å². The van der Waals surface area contributed by atoms with E-state index in [0.29, 0.717) is 0 Å². The molecule has 1 saturated heterocycles. The van der Waals surface area contributed by atoms with Crippen molar-refractivity contribution in [3.63, 3.8) is 0 Å². The maximum absolute atomic E-state index is 13.1. The van der Waals surface area contributed by atoms with Gasteiger partial charge in [-0.15, -0.1) is 0 Å². The molecule has 180 valence electrons. The highest BCUT2D eigenvalue weighted by Crippen LogP contribution is 2.44. The number of ether oxygens (including phenoxy) is 2. The number of carbonyl (C=O) groups is 3. The first-order valence-electron chi connectivity index (χ1n) is 11.4. The summed E-state index contributed by atoms with van der Waals surface area (Å²) in [4.78, 5) is 37.7. The lowest BCUT2D eigenvalue weighted by Crippen LogP contribution is -2.62. The molecule has 1 heterocycles. The summed E-state index contributed by atoms with van der Waals surface area (Å²) in [6.45, 7) is 5.62. The second-order valence-corrected chi connectivity index (χ2v) is 9.95. The minimum absolute atomic E-state index is 0.106. The van der Waals surface area contributed by atoms with E-state index in [4.69, 9.17) is 9.47 Å². The molecule has 2 atom stereocenters. The number of hydrogen-bond acceptors (Lipinski definition) is 5. The van der Waals surface area contributed by atoms with Gasteiger partial charge in [0.1, 0.15) is 12.6 Å². The van der Waals surface area contributed by atoms with E-state index in [1.165, 1.54) is 0 Å². The van der Waals surface area contributed by atoms with Gasteiger partial charge in [-0.25, -0.2) is 9.59 Å². The highest BCUT2D eigenvalue weighted by molar-refractivity contribution is 5.92. The molecule has 0 saturated carbocycles. The van der Waals surface area contributed by atoms with Crippen molar-refractivity contribution < 1.29 is 29.0 Å². The molecule has 2 unspecified atom stereocenters. The van der Waals surface area contributed by atoms with E-state index in [1.807, 2.05) is 36.4 Å². The van der Waals surface area contributed by atoms with E-state index < -0.39 is 35.0 Å². The van der Waals surface area contributed by atoms with Crippen molar-refractivity contribution in [2.24, 2.45) is 5.41 Å². The summed E-state index contributed by atoms with van der Waals surface area (Å²) < 4.78 is 10.8. The number of hydrogen-bond donors (Lipinski definition) is 3. The van der Waals surface area contributed by atoms with Gasteiger partial charge in [-0.05, 0) is 27.7 Å². The Bertz CT molecular complexity index is 1050. The van der Waals surface area contributed by atoms with Crippen molar-refractivity contribution in [1.82, 2.24) is 10.6 Å². The van der Waals surface area contributed by atoms with Gasteiger partial charge in [0.25, 0.3) is 0 Å². The average molecular weight is 467 g/mol. The van der Waals surface area contributed by atoms with Crippen LogP contribution in [0.3, 0.4) is 0 Å². The van der Waals surface area contributed by atoms with Crippen LogP contribution in [-0.4, -0.2) is 54.5 Å². The highest BCUT2D eigenvalue weighted by Gasteiger charge is 2.46. The number of aliphatic carboxylic acids is 1. The normalized spacial score (nSPS) is 20.2. The van der Waals surface area contributed by atoms with E-state index in [-0.39, 0.29) is 32.2 Å². The van der Waals surface area contributed by atoms with Crippen LogP contribution in [0, 0.1) is 5.41 Å². The molecule has 1 aliphatic carbocycles. The number of nitrogens with one attached hydrogen (secondary N) is 2. The molecule has 0 radical (unpaired) electrons. The predicted molar refractivity (Wildman–Crippen MR) is 125 cm³/mol. The summed E-state index contributed by atoms with van der Waals surface area (Å²) in [5, 5.41) is 14.9. The Morgan fingerprint density at radius 3 is 2.18 bits per heavy atom. The molecule has 4 rings (SSSR count). The standard InChI is InChI=1S/C26H30N2O6/c1-25(2,3)21(22(29)28-26(23(30)31)12-13-33-15-26)27-24(32)34-14-20-18-10-6-4-8-16(18)17-9-5-7-11-19(17)20/h4-11,20-21H,12-15H2,1-3H3,(H,27,32)(H,28,29)(H,30,31). The molecule has 2 aromatic rings. The Morgan fingerprint density at radius 2 is 1.68 bits per heavy atom. The van der Waals surface area contributed by atoms with E-state index in [2.05, 4.69) is 22.8 Å². The molecule has 3 N–H and O–H groups in total. The third kappa shape index (κ3) is 4.50. The first-order chi connectivity index (χ1) is 16.1. The Hall–Kier alpha value is -3.39. The molecule has 8 nitrogen and oxygen atoms in total. The molecule has 1 aliphatic heterocycles. The molecular formula is C26H30N2O6. The maximum atomic E-state index is 13.1. The first kappa shape index (κ1) is 23.8. The molecule has 0 spiro atoms. The van der Waals surface area contributed by atoms with Gasteiger partial charge in [0, 0.05) is 18.9 Å². The van der Waals surface area contributed by atoms with Crippen LogP contribution in [0.1, 0.15) is 44.2 Å². The highest BCUT2D eigenvalue weighted by atomic mass is 16.5.